The van der Waals surface area contributed by atoms with Crippen molar-refractivity contribution in [3.8, 4) is 0 Å². The fourth-order valence-corrected chi connectivity index (χ4v) is 3.73. The van der Waals surface area contributed by atoms with Gasteiger partial charge in [-0.3, -0.25) is 9.80 Å². The zero-order valence-corrected chi connectivity index (χ0v) is 16.4. The van der Waals surface area contributed by atoms with Crippen LogP contribution in [0.15, 0.2) is 59.7 Å². The maximum Gasteiger partial charge on any atom is 0.253 e. The lowest BCUT2D eigenvalue weighted by atomic mass is 10.1. The molecule has 0 aliphatic carbocycles. The van der Waals surface area contributed by atoms with Gasteiger partial charge in [0.15, 0.2) is 0 Å². The van der Waals surface area contributed by atoms with E-state index in [4.69, 9.17) is 4.74 Å². The maximum atomic E-state index is 12.8. The molecule has 0 radical (unpaired) electrons. The van der Waals surface area contributed by atoms with E-state index in [1.165, 1.54) is 5.56 Å². The molecule has 0 N–H and O–H groups in total. The van der Waals surface area contributed by atoms with Crippen LogP contribution >= 0.6 is 0 Å². The summed E-state index contributed by atoms with van der Waals surface area (Å²) in [4.78, 5) is 14.8. The second kappa shape index (κ2) is 8.57. The summed E-state index contributed by atoms with van der Waals surface area (Å²) < 4.78 is 6.03. The average molecular weight is 377 g/mol. The Labute approximate surface area is 166 Å². The number of amides is 1. The first kappa shape index (κ1) is 18.7. The van der Waals surface area contributed by atoms with Crippen LogP contribution < -0.4 is 5.01 Å². The molecule has 28 heavy (non-hydrogen) atoms. The maximum absolute atomic E-state index is 12.8. The van der Waals surface area contributed by atoms with Crippen LogP contribution in [0.5, 0.6) is 0 Å². The third kappa shape index (κ3) is 4.42. The molecule has 2 aliphatic heterocycles. The minimum Gasteiger partial charge on any atom is -0.373 e. The fraction of sp³-hybridized carbons (Fsp3) is 0.391. The topological polar surface area (TPSA) is 45.1 Å². The van der Waals surface area contributed by atoms with Gasteiger partial charge < -0.3 is 9.64 Å². The number of rotatable bonds is 5. The van der Waals surface area contributed by atoms with Gasteiger partial charge in [-0.1, -0.05) is 30.3 Å². The highest BCUT2D eigenvalue weighted by molar-refractivity contribution is 5.94. The van der Waals surface area contributed by atoms with Crippen molar-refractivity contribution in [1.82, 2.24) is 4.90 Å². The van der Waals surface area contributed by atoms with Crippen molar-refractivity contribution in [3.05, 3.63) is 65.7 Å². The molecule has 2 heterocycles. The second-order valence-electron chi connectivity index (χ2n) is 7.54. The zero-order chi connectivity index (χ0) is 19.3. The number of anilines is 1. The Morgan fingerprint density at radius 1 is 1.04 bits per heavy atom. The van der Waals surface area contributed by atoms with Crippen LogP contribution in [0.2, 0.25) is 0 Å². The summed E-state index contributed by atoms with van der Waals surface area (Å²) in [5.41, 5.74) is 4.13. The van der Waals surface area contributed by atoms with Crippen LogP contribution in [0, 0.1) is 0 Å². The highest BCUT2D eigenvalue weighted by Crippen LogP contribution is 2.22. The number of likely N-dealkylation sites (tertiary alicyclic amines) is 1. The van der Waals surface area contributed by atoms with Crippen LogP contribution in [0.3, 0.4) is 0 Å². The van der Waals surface area contributed by atoms with Crippen LogP contribution in [0.4, 0.5) is 5.69 Å². The SMILES string of the molecule is CC1=NN(c2ccc(C(=O)N3CCC(OCc4ccccc4)CC3)cc2)CC1. The fourth-order valence-electron chi connectivity index (χ4n) is 3.73. The van der Waals surface area contributed by atoms with E-state index in [2.05, 4.69) is 17.2 Å². The van der Waals surface area contributed by atoms with Crippen molar-refractivity contribution in [3.63, 3.8) is 0 Å². The molecule has 2 aromatic rings. The second-order valence-corrected chi connectivity index (χ2v) is 7.54. The quantitative estimate of drug-likeness (QED) is 0.788. The number of hydrogen-bond acceptors (Lipinski definition) is 4. The third-order valence-electron chi connectivity index (χ3n) is 5.45. The van der Waals surface area contributed by atoms with Crippen molar-refractivity contribution < 1.29 is 9.53 Å². The van der Waals surface area contributed by atoms with Gasteiger partial charge in [0, 0.05) is 37.3 Å². The molecule has 0 atom stereocenters. The van der Waals surface area contributed by atoms with Crippen LogP contribution in [-0.2, 0) is 11.3 Å². The first-order valence-corrected chi connectivity index (χ1v) is 10.1. The average Bonchev–Trinajstić information content (AvgIpc) is 3.19. The molecule has 1 fully saturated rings. The zero-order valence-electron chi connectivity index (χ0n) is 16.4. The van der Waals surface area contributed by atoms with Crippen LogP contribution in [0.25, 0.3) is 0 Å². The summed E-state index contributed by atoms with van der Waals surface area (Å²) in [7, 11) is 0. The molecule has 4 rings (SSSR count). The lowest BCUT2D eigenvalue weighted by Gasteiger charge is -2.32. The van der Waals surface area contributed by atoms with Gasteiger partial charge in [0.05, 0.1) is 18.4 Å². The molecule has 1 saturated heterocycles. The van der Waals surface area contributed by atoms with E-state index >= 15 is 0 Å². The summed E-state index contributed by atoms with van der Waals surface area (Å²) in [6, 6.07) is 18.0. The van der Waals surface area contributed by atoms with Gasteiger partial charge in [0.2, 0.25) is 0 Å². The predicted molar refractivity (Wildman–Crippen MR) is 112 cm³/mol. The molecule has 0 unspecified atom stereocenters. The molecule has 0 spiro atoms. The molecule has 0 bridgehead atoms. The standard InChI is InChI=1S/C23H27N3O2/c1-18-11-16-26(24-18)21-9-7-20(8-10-21)23(27)25-14-12-22(13-15-25)28-17-19-5-3-2-4-6-19/h2-10,22H,11-17H2,1H3. The summed E-state index contributed by atoms with van der Waals surface area (Å²) in [6.07, 6.45) is 3.00. The van der Waals surface area contributed by atoms with E-state index in [0.29, 0.717) is 6.61 Å². The van der Waals surface area contributed by atoms with Gasteiger partial charge in [-0.05, 0) is 49.6 Å². The number of benzene rings is 2. The van der Waals surface area contributed by atoms with Crippen molar-refractivity contribution in [2.45, 2.75) is 38.9 Å². The van der Waals surface area contributed by atoms with E-state index < -0.39 is 0 Å². The Kier molecular flexibility index (Phi) is 5.72. The smallest absolute Gasteiger partial charge is 0.253 e. The third-order valence-corrected chi connectivity index (χ3v) is 5.45. The normalized spacial score (nSPS) is 17.7. The Morgan fingerprint density at radius 3 is 2.39 bits per heavy atom. The van der Waals surface area contributed by atoms with Gasteiger partial charge in [-0.25, -0.2) is 0 Å². The lowest BCUT2D eigenvalue weighted by Crippen LogP contribution is -2.40. The van der Waals surface area contributed by atoms with Gasteiger partial charge >= 0.3 is 0 Å². The number of hydrogen-bond donors (Lipinski definition) is 0. The molecular formula is C23H27N3O2. The van der Waals surface area contributed by atoms with E-state index in [-0.39, 0.29) is 12.0 Å². The van der Waals surface area contributed by atoms with E-state index in [1.807, 2.05) is 59.3 Å². The Morgan fingerprint density at radius 2 is 1.75 bits per heavy atom. The summed E-state index contributed by atoms with van der Waals surface area (Å²) in [6.45, 7) is 5.09. The largest absolute Gasteiger partial charge is 0.373 e. The Balaban J connectivity index is 1.28. The molecule has 5 nitrogen and oxygen atoms in total. The summed E-state index contributed by atoms with van der Waals surface area (Å²) >= 11 is 0. The van der Waals surface area contributed by atoms with Crippen LogP contribution in [-0.4, -0.2) is 42.3 Å². The van der Waals surface area contributed by atoms with Crippen molar-refractivity contribution in [2.75, 3.05) is 24.6 Å². The lowest BCUT2D eigenvalue weighted by molar-refractivity contribution is -0.000378. The van der Waals surface area contributed by atoms with Crippen molar-refractivity contribution in [1.29, 1.82) is 0 Å². The molecule has 5 heteroatoms. The first-order valence-electron chi connectivity index (χ1n) is 10.1. The number of nitrogens with zero attached hydrogens (tertiary/aromatic N) is 3. The number of carbonyl (C=O) groups is 1. The first-order chi connectivity index (χ1) is 13.7. The molecule has 2 aromatic carbocycles. The highest BCUT2D eigenvalue weighted by Gasteiger charge is 2.24. The molecule has 2 aliphatic rings. The summed E-state index contributed by atoms with van der Waals surface area (Å²) in [5.74, 6) is 0.106. The van der Waals surface area contributed by atoms with Crippen LogP contribution in [0.1, 0.15) is 42.1 Å². The number of piperidine rings is 1. The van der Waals surface area contributed by atoms with Crippen molar-refractivity contribution in [2.24, 2.45) is 5.10 Å². The molecule has 1 amide bonds. The molecule has 0 aromatic heterocycles. The predicted octanol–water partition coefficient (Wildman–Crippen LogP) is 4.09. The number of carbonyl (C=O) groups excluding carboxylic acids is 1. The summed E-state index contributed by atoms with van der Waals surface area (Å²) in [5, 5.41) is 6.51. The molecular weight excluding hydrogens is 350 g/mol. The van der Waals surface area contributed by atoms with E-state index in [1.54, 1.807) is 0 Å². The van der Waals surface area contributed by atoms with Crippen molar-refractivity contribution >= 4 is 17.3 Å². The minimum absolute atomic E-state index is 0.106. The van der Waals surface area contributed by atoms with Gasteiger partial charge in [-0.2, -0.15) is 5.10 Å². The molecule has 0 saturated carbocycles. The van der Waals surface area contributed by atoms with Gasteiger partial charge in [-0.15, -0.1) is 0 Å². The molecule has 146 valence electrons. The minimum atomic E-state index is 0.106. The highest BCUT2D eigenvalue weighted by atomic mass is 16.5. The van der Waals surface area contributed by atoms with Gasteiger partial charge in [0.25, 0.3) is 5.91 Å². The van der Waals surface area contributed by atoms with Gasteiger partial charge in [0.1, 0.15) is 0 Å². The number of hydrazone groups is 1. The Bertz CT molecular complexity index is 825. The van der Waals surface area contributed by atoms with E-state index in [0.717, 1.165) is 55.9 Å². The Hall–Kier alpha value is -2.66. The van der Waals surface area contributed by atoms with E-state index in [9.17, 15) is 4.79 Å². The monoisotopic (exact) mass is 377 g/mol. The number of ether oxygens (including phenoxy) is 1.